The first-order valence-corrected chi connectivity index (χ1v) is 12.1. The monoisotopic (exact) mass is 536 g/mol. The predicted molar refractivity (Wildman–Crippen MR) is 137 cm³/mol. The number of fused-ring (bicyclic) bond motifs is 3. The van der Waals surface area contributed by atoms with Gasteiger partial charge in [-0.1, -0.05) is 54.6 Å². The number of aromatic carboxylic acids is 1. The topological polar surface area (TPSA) is 105 Å². The van der Waals surface area contributed by atoms with Gasteiger partial charge in [0.2, 0.25) is 5.91 Å². The number of anilines is 1. The molecule has 35 heavy (non-hydrogen) atoms. The molecule has 180 valence electrons. The van der Waals surface area contributed by atoms with Gasteiger partial charge in [-0.15, -0.1) is 0 Å². The summed E-state index contributed by atoms with van der Waals surface area (Å²) in [5.41, 5.74) is 4.80. The lowest BCUT2D eigenvalue weighted by molar-refractivity contribution is -0.116. The minimum Gasteiger partial charge on any atom is -0.478 e. The van der Waals surface area contributed by atoms with Crippen molar-refractivity contribution in [3.63, 3.8) is 0 Å². The van der Waals surface area contributed by atoms with Crippen LogP contribution in [0.1, 0.15) is 47.2 Å². The number of benzene rings is 3. The summed E-state index contributed by atoms with van der Waals surface area (Å²) in [6.07, 6.45) is -0.0765. The summed E-state index contributed by atoms with van der Waals surface area (Å²) < 4.78 is 6.03. The minimum absolute atomic E-state index is 0.00228. The van der Waals surface area contributed by atoms with Crippen molar-refractivity contribution in [3.05, 3.63) is 87.9 Å². The smallest absolute Gasteiger partial charge is 0.407 e. The second-order valence-electron chi connectivity index (χ2n) is 8.43. The highest BCUT2D eigenvalue weighted by Crippen LogP contribution is 2.44. The molecule has 0 aliphatic heterocycles. The van der Waals surface area contributed by atoms with Crippen LogP contribution in [0.3, 0.4) is 0 Å². The van der Waals surface area contributed by atoms with E-state index in [1.165, 1.54) is 6.07 Å². The van der Waals surface area contributed by atoms with Gasteiger partial charge in [0.1, 0.15) is 6.61 Å². The summed E-state index contributed by atoms with van der Waals surface area (Å²) in [4.78, 5) is 36.2. The van der Waals surface area contributed by atoms with Gasteiger partial charge >= 0.3 is 12.1 Å². The molecule has 0 heterocycles. The lowest BCUT2D eigenvalue weighted by Gasteiger charge is -2.17. The first kappa shape index (κ1) is 24.5. The first-order chi connectivity index (χ1) is 16.8. The van der Waals surface area contributed by atoms with E-state index in [0.717, 1.165) is 22.3 Å². The van der Waals surface area contributed by atoms with Crippen LogP contribution in [0.5, 0.6) is 0 Å². The first-order valence-electron chi connectivity index (χ1n) is 11.3. The molecule has 0 bridgehead atoms. The van der Waals surface area contributed by atoms with Gasteiger partial charge in [-0.05, 0) is 63.7 Å². The maximum Gasteiger partial charge on any atom is 0.407 e. The van der Waals surface area contributed by atoms with Gasteiger partial charge in [-0.2, -0.15) is 0 Å². The Morgan fingerprint density at radius 3 is 2.23 bits per heavy atom. The van der Waals surface area contributed by atoms with E-state index in [1.54, 1.807) is 19.1 Å². The van der Waals surface area contributed by atoms with E-state index in [-0.39, 0.29) is 42.1 Å². The molecule has 0 aromatic heterocycles. The van der Waals surface area contributed by atoms with Crippen LogP contribution in [0.2, 0.25) is 0 Å². The molecular formula is C27H25BrN2O5. The highest BCUT2D eigenvalue weighted by atomic mass is 79.9. The molecule has 2 amide bonds. The maximum absolute atomic E-state index is 12.4. The van der Waals surface area contributed by atoms with E-state index in [1.807, 2.05) is 24.3 Å². The number of amides is 2. The molecule has 4 rings (SSSR count). The van der Waals surface area contributed by atoms with Crippen LogP contribution in [0.4, 0.5) is 10.5 Å². The summed E-state index contributed by atoms with van der Waals surface area (Å²) >= 11 is 3.27. The van der Waals surface area contributed by atoms with Crippen LogP contribution in [-0.2, 0) is 9.53 Å². The minimum atomic E-state index is -1.13. The molecule has 1 unspecified atom stereocenters. The number of carbonyl (C=O) groups is 3. The summed E-state index contributed by atoms with van der Waals surface area (Å²) in [7, 11) is 0. The number of rotatable bonds is 8. The van der Waals surface area contributed by atoms with E-state index in [4.69, 9.17) is 4.74 Å². The number of para-hydroxylation sites is 1. The Kier molecular flexibility index (Phi) is 7.51. The average Bonchev–Trinajstić information content (AvgIpc) is 3.16. The zero-order valence-electron chi connectivity index (χ0n) is 19.1. The molecule has 3 aromatic carbocycles. The number of ether oxygens (including phenoxy) is 1. The van der Waals surface area contributed by atoms with E-state index in [9.17, 15) is 19.5 Å². The number of hydrogen-bond acceptors (Lipinski definition) is 4. The number of carboxylic acids is 1. The molecule has 1 aliphatic rings. The molecule has 1 aliphatic carbocycles. The lowest BCUT2D eigenvalue weighted by atomic mass is 9.98. The number of carboxylic acid groups (broad SMARTS) is 1. The van der Waals surface area contributed by atoms with E-state index in [0.29, 0.717) is 10.9 Å². The Morgan fingerprint density at radius 2 is 1.60 bits per heavy atom. The maximum atomic E-state index is 12.4. The Bertz CT molecular complexity index is 1230. The van der Waals surface area contributed by atoms with E-state index < -0.39 is 12.1 Å². The molecule has 0 saturated heterocycles. The molecule has 8 heteroatoms. The van der Waals surface area contributed by atoms with Crippen LogP contribution >= 0.6 is 15.9 Å². The van der Waals surface area contributed by atoms with Crippen molar-refractivity contribution in [3.8, 4) is 11.1 Å². The molecule has 0 fully saturated rings. The van der Waals surface area contributed by atoms with Gasteiger partial charge in [0.05, 0.1) is 11.3 Å². The van der Waals surface area contributed by atoms with Crippen molar-refractivity contribution in [1.29, 1.82) is 0 Å². The normalized spacial score (nSPS) is 12.9. The summed E-state index contributed by atoms with van der Waals surface area (Å²) in [5, 5.41) is 14.7. The third-order valence-electron chi connectivity index (χ3n) is 6.02. The van der Waals surface area contributed by atoms with Crippen molar-refractivity contribution >= 4 is 39.6 Å². The fraction of sp³-hybridized carbons (Fsp3) is 0.222. The number of nitrogens with one attached hydrogen (secondary N) is 2. The number of alkyl carbamates (subject to hydrolysis) is 1. The van der Waals surface area contributed by atoms with Crippen molar-refractivity contribution < 1.29 is 24.2 Å². The third-order valence-corrected chi connectivity index (χ3v) is 6.68. The SMILES string of the molecule is CC(CCC(=O)Nc1c(Br)cccc1C(=O)O)NC(=O)OCC1c2ccccc2-c2ccccc21. The standard InChI is InChI=1S/C27H25BrN2O5/c1-16(13-14-24(31)30-25-21(26(32)33)11-6-12-23(25)28)29-27(34)35-15-22-19-9-4-2-7-17(19)18-8-3-5-10-20(18)22/h2-12,16,22H,13-15H2,1H3,(H,29,34)(H,30,31)(H,32,33). The molecule has 0 spiro atoms. The molecular weight excluding hydrogens is 512 g/mol. The van der Waals surface area contributed by atoms with Gasteiger partial charge in [0.15, 0.2) is 0 Å². The molecule has 3 aromatic rings. The van der Waals surface area contributed by atoms with Gasteiger partial charge < -0.3 is 20.5 Å². The van der Waals surface area contributed by atoms with Crippen molar-refractivity contribution in [2.24, 2.45) is 0 Å². The Balaban J connectivity index is 1.28. The fourth-order valence-corrected chi connectivity index (χ4v) is 4.76. The Labute approximate surface area is 211 Å². The van der Waals surface area contributed by atoms with E-state index in [2.05, 4.69) is 50.8 Å². The summed E-state index contributed by atoms with van der Waals surface area (Å²) in [6, 6.07) is 20.6. The van der Waals surface area contributed by atoms with Crippen LogP contribution < -0.4 is 10.6 Å². The van der Waals surface area contributed by atoms with Crippen LogP contribution in [0, 0.1) is 0 Å². The largest absolute Gasteiger partial charge is 0.478 e. The fourth-order valence-electron chi connectivity index (χ4n) is 4.29. The number of hydrogen-bond donors (Lipinski definition) is 3. The van der Waals surface area contributed by atoms with Crippen molar-refractivity contribution in [1.82, 2.24) is 5.32 Å². The molecule has 0 radical (unpaired) electrons. The summed E-state index contributed by atoms with van der Waals surface area (Å²) in [6.45, 7) is 2.00. The molecule has 1 atom stereocenters. The van der Waals surface area contributed by atoms with Gasteiger partial charge in [-0.25, -0.2) is 9.59 Å². The van der Waals surface area contributed by atoms with Gasteiger partial charge in [0.25, 0.3) is 0 Å². The lowest BCUT2D eigenvalue weighted by Crippen LogP contribution is -2.34. The van der Waals surface area contributed by atoms with Crippen LogP contribution in [0.25, 0.3) is 11.1 Å². The summed E-state index contributed by atoms with van der Waals surface area (Å²) in [5.74, 6) is -1.51. The average molecular weight is 537 g/mol. The highest BCUT2D eigenvalue weighted by molar-refractivity contribution is 9.10. The van der Waals surface area contributed by atoms with E-state index >= 15 is 0 Å². The Hall–Kier alpha value is -3.65. The number of halogens is 1. The van der Waals surface area contributed by atoms with Crippen molar-refractivity contribution in [2.45, 2.75) is 31.7 Å². The van der Waals surface area contributed by atoms with Crippen LogP contribution in [0.15, 0.2) is 71.2 Å². The predicted octanol–water partition coefficient (Wildman–Crippen LogP) is 5.79. The zero-order chi connectivity index (χ0) is 24.9. The van der Waals surface area contributed by atoms with Gasteiger partial charge in [0, 0.05) is 22.9 Å². The molecule has 0 saturated carbocycles. The zero-order valence-corrected chi connectivity index (χ0v) is 20.7. The third kappa shape index (κ3) is 5.54. The highest BCUT2D eigenvalue weighted by Gasteiger charge is 2.29. The second kappa shape index (κ2) is 10.7. The Morgan fingerprint density at radius 1 is 0.971 bits per heavy atom. The van der Waals surface area contributed by atoms with Crippen LogP contribution in [-0.4, -0.2) is 35.7 Å². The molecule has 3 N–H and O–H groups in total. The molecule has 7 nitrogen and oxygen atoms in total. The van der Waals surface area contributed by atoms with Crippen molar-refractivity contribution in [2.75, 3.05) is 11.9 Å². The quantitative estimate of drug-likeness (QED) is 0.337. The second-order valence-corrected chi connectivity index (χ2v) is 9.28. The number of carbonyl (C=O) groups excluding carboxylic acids is 2. The van der Waals surface area contributed by atoms with Gasteiger partial charge in [-0.3, -0.25) is 4.79 Å².